The molecule has 0 atom stereocenters. The van der Waals surface area contributed by atoms with E-state index >= 15 is 0 Å². The predicted molar refractivity (Wildman–Crippen MR) is 59.9 cm³/mol. The van der Waals surface area contributed by atoms with Gasteiger partial charge in [-0.3, -0.25) is 0 Å². The summed E-state index contributed by atoms with van der Waals surface area (Å²) in [6, 6.07) is 0.438. The van der Waals surface area contributed by atoms with Crippen LogP contribution in [-0.4, -0.2) is 30.1 Å². The molecule has 0 spiro atoms. The third kappa shape index (κ3) is 2.13. The van der Waals surface area contributed by atoms with E-state index < -0.39 is 0 Å². The molecular formula is C10H18N4. The molecule has 0 aliphatic heterocycles. The van der Waals surface area contributed by atoms with Crippen molar-refractivity contribution in [2.24, 2.45) is 0 Å². The van der Waals surface area contributed by atoms with E-state index in [1.807, 2.05) is 27.2 Å². The second kappa shape index (κ2) is 4.26. The van der Waals surface area contributed by atoms with Crippen LogP contribution in [0.5, 0.6) is 0 Å². The maximum atomic E-state index is 4.42. The van der Waals surface area contributed by atoms with Gasteiger partial charge in [-0.2, -0.15) is 4.98 Å². The van der Waals surface area contributed by atoms with Crippen molar-refractivity contribution >= 4 is 11.8 Å². The molecule has 0 unspecified atom stereocenters. The Bertz CT molecular complexity index is 309. The minimum Gasteiger partial charge on any atom is -0.357 e. The Hall–Kier alpha value is -1.32. The van der Waals surface area contributed by atoms with E-state index in [1.54, 1.807) is 0 Å². The fraction of sp³-hybridized carbons (Fsp3) is 0.600. The summed E-state index contributed by atoms with van der Waals surface area (Å²) in [4.78, 5) is 10.7. The van der Waals surface area contributed by atoms with E-state index in [1.165, 1.54) is 0 Å². The summed E-state index contributed by atoms with van der Waals surface area (Å²) < 4.78 is 0. The fourth-order valence-electron chi connectivity index (χ4n) is 1.16. The molecule has 4 heteroatoms. The molecule has 14 heavy (non-hydrogen) atoms. The van der Waals surface area contributed by atoms with Crippen LogP contribution in [-0.2, 0) is 0 Å². The molecular weight excluding hydrogens is 176 g/mol. The number of nitrogens with one attached hydrogen (secondary N) is 1. The van der Waals surface area contributed by atoms with Crippen LogP contribution in [0.2, 0.25) is 0 Å². The number of anilines is 2. The summed E-state index contributed by atoms with van der Waals surface area (Å²) in [7, 11) is 3.86. The van der Waals surface area contributed by atoms with E-state index in [4.69, 9.17) is 0 Å². The molecule has 0 fully saturated rings. The Morgan fingerprint density at radius 1 is 1.43 bits per heavy atom. The smallest absolute Gasteiger partial charge is 0.224 e. The predicted octanol–water partition coefficient (Wildman–Crippen LogP) is 1.67. The average molecular weight is 194 g/mol. The molecule has 0 radical (unpaired) electrons. The molecule has 4 nitrogen and oxygen atoms in total. The van der Waals surface area contributed by atoms with E-state index in [0.29, 0.717) is 12.0 Å². The first-order valence-electron chi connectivity index (χ1n) is 4.80. The molecule has 0 amide bonds. The topological polar surface area (TPSA) is 41.1 Å². The molecule has 1 N–H and O–H groups in total. The van der Waals surface area contributed by atoms with Gasteiger partial charge < -0.3 is 10.2 Å². The first kappa shape index (κ1) is 10.8. The van der Waals surface area contributed by atoms with Gasteiger partial charge in [-0.25, -0.2) is 4.98 Å². The van der Waals surface area contributed by atoms with Crippen LogP contribution >= 0.6 is 0 Å². The van der Waals surface area contributed by atoms with Crippen molar-refractivity contribution in [1.82, 2.24) is 9.97 Å². The van der Waals surface area contributed by atoms with Crippen LogP contribution in [0.25, 0.3) is 0 Å². The first-order chi connectivity index (χ1) is 6.56. The van der Waals surface area contributed by atoms with Crippen LogP contribution < -0.4 is 10.2 Å². The van der Waals surface area contributed by atoms with Gasteiger partial charge in [0.05, 0.1) is 0 Å². The van der Waals surface area contributed by atoms with Crippen molar-refractivity contribution in [2.45, 2.75) is 26.8 Å². The molecule has 1 aromatic rings. The van der Waals surface area contributed by atoms with Crippen LogP contribution in [0.15, 0.2) is 6.20 Å². The van der Waals surface area contributed by atoms with Crippen molar-refractivity contribution in [3.05, 3.63) is 11.8 Å². The van der Waals surface area contributed by atoms with Crippen LogP contribution in [0.3, 0.4) is 0 Å². The number of aryl methyl sites for hydroxylation is 1. The number of aromatic nitrogens is 2. The number of hydrogen-bond donors (Lipinski definition) is 1. The Morgan fingerprint density at radius 3 is 2.57 bits per heavy atom. The van der Waals surface area contributed by atoms with Gasteiger partial charge in [-0.05, 0) is 20.8 Å². The maximum Gasteiger partial charge on any atom is 0.224 e. The Kier molecular flexibility index (Phi) is 3.28. The van der Waals surface area contributed by atoms with E-state index in [9.17, 15) is 0 Å². The van der Waals surface area contributed by atoms with Gasteiger partial charge in [-0.15, -0.1) is 0 Å². The summed E-state index contributed by atoms with van der Waals surface area (Å²) in [5, 5.41) is 2.94. The number of hydrogen-bond acceptors (Lipinski definition) is 4. The summed E-state index contributed by atoms with van der Waals surface area (Å²) in [6.07, 6.45) is 1.84. The Morgan fingerprint density at radius 2 is 2.07 bits per heavy atom. The standard InChI is InChI=1S/C10H18N4/c1-7(2)14(5)9-8(3)6-12-10(11-4)13-9/h6-7H,1-5H3,(H,11,12,13). The monoisotopic (exact) mass is 194 g/mol. The van der Waals surface area contributed by atoms with Gasteiger partial charge in [0.25, 0.3) is 0 Å². The summed E-state index contributed by atoms with van der Waals surface area (Å²) in [5.74, 6) is 1.65. The molecule has 0 aliphatic rings. The van der Waals surface area contributed by atoms with Gasteiger partial charge in [0, 0.05) is 31.9 Å². The minimum atomic E-state index is 0.438. The number of rotatable bonds is 3. The second-order valence-corrected chi connectivity index (χ2v) is 3.65. The minimum absolute atomic E-state index is 0.438. The third-order valence-corrected chi connectivity index (χ3v) is 2.28. The molecule has 1 aromatic heterocycles. The van der Waals surface area contributed by atoms with Gasteiger partial charge in [0.2, 0.25) is 5.95 Å². The van der Waals surface area contributed by atoms with Crippen LogP contribution in [0.4, 0.5) is 11.8 Å². The largest absolute Gasteiger partial charge is 0.357 e. The van der Waals surface area contributed by atoms with E-state index in [-0.39, 0.29) is 0 Å². The quantitative estimate of drug-likeness (QED) is 0.794. The Labute approximate surface area is 85.4 Å². The molecule has 0 saturated carbocycles. The van der Waals surface area contributed by atoms with Crippen molar-refractivity contribution in [2.75, 3.05) is 24.3 Å². The molecule has 1 rings (SSSR count). The zero-order chi connectivity index (χ0) is 10.7. The fourth-order valence-corrected chi connectivity index (χ4v) is 1.16. The van der Waals surface area contributed by atoms with Gasteiger partial charge in [0.15, 0.2) is 0 Å². The number of nitrogens with zero attached hydrogens (tertiary/aromatic N) is 3. The third-order valence-electron chi connectivity index (χ3n) is 2.28. The van der Waals surface area contributed by atoms with Gasteiger partial charge in [-0.1, -0.05) is 0 Å². The van der Waals surface area contributed by atoms with Gasteiger partial charge >= 0.3 is 0 Å². The highest BCUT2D eigenvalue weighted by molar-refractivity contribution is 5.48. The maximum absolute atomic E-state index is 4.42. The van der Waals surface area contributed by atoms with Crippen LogP contribution in [0.1, 0.15) is 19.4 Å². The molecule has 78 valence electrons. The lowest BCUT2D eigenvalue weighted by Gasteiger charge is -2.24. The highest BCUT2D eigenvalue weighted by atomic mass is 15.2. The Balaban J connectivity index is 3.05. The van der Waals surface area contributed by atoms with Crippen molar-refractivity contribution in [3.8, 4) is 0 Å². The molecule has 0 saturated heterocycles. The normalized spacial score (nSPS) is 10.4. The lowest BCUT2D eigenvalue weighted by atomic mass is 10.3. The zero-order valence-corrected chi connectivity index (χ0v) is 9.50. The van der Waals surface area contributed by atoms with Crippen molar-refractivity contribution in [3.63, 3.8) is 0 Å². The first-order valence-corrected chi connectivity index (χ1v) is 4.80. The molecule has 0 bridgehead atoms. The molecule has 0 aromatic carbocycles. The summed E-state index contributed by atoms with van der Waals surface area (Å²) in [5.41, 5.74) is 1.10. The summed E-state index contributed by atoms with van der Waals surface area (Å²) in [6.45, 7) is 6.30. The van der Waals surface area contributed by atoms with Gasteiger partial charge in [0.1, 0.15) is 5.82 Å². The highest BCUT2D eigenvalue weighted by Crippen LogP contribution is 2.18. The average Bonchev–Trinajstić information content (AvgIpc) is 2.17. The van der Waals surface area contributed by atoms with E-state index in [0.717, 1.165) is 11.4 Å². The lowest BCUT2D eigenvalue weighted by molar-refractivity contribution is 0.739. The summed E-state index contributed by atoms with van der Waals surface area (Å²) >= 11 is 0. The van der Waals surface area contributed by atoms with E-state index in [2.05, 4.69) is 34.0 Å². The molecule has 0 aliphatic carbocycles. The highest BCUT2D eigenvalue weighted by Gasteiger charge is 2.10. The lowest BCUT2D eigenvalue weighted by Crippen LogP contribution is -2.27. The van der Waals surface area contributed by atoms with Crippen molar-refractivity contribution in [1.29, 1.82) is 0 Å². The molecule has 1 heterocycles. The SMILES string of the molecule is CNc1ncc(C)c(N(C)C(C)C)n1. The van der Waals surface area contributed by atoms with Crippen LogP contribution in [0, 0.1) is 6.92 Å². The zero-order valence-electron chi connectivity index (χ0n) is 9.50. The van der Waals surface area contributed by atoms with Crippen molar-refractivity contribution < 1.29 is 0 Å². The second-order valence-electron chi connectivity index (χ2n) is 3.65.